The number of amides is 1. The van der Waals surface area contributed by atoms with Gasteiger partial charge in [0, 0.05) is 6.42 Å². The van der Waals surface area contributed by atoms with Gasteiger partial charge in [-0.25, -0.2) is 5.48 Å². The van der Waals surface area contributed by atoms with E-state index in [0.29, 0.717) is 17.9 Å². The van der Waals surface area contributed by atoms with Crippen molar-refractivity contribution in [2.45, 2.75) is 12.8 Å². The van der Waals surface area contributed by atoms with Crippen LogP contribution in [0.3, 0.4) is 0 Å². The minimum atomic E-state index is -1.00. The van der Waals surface area contributed by atoms with E-state index in [2.05, 4.69) is 0 Å². The van der Waals surface area contributed by atoms with E-state index < -0.39 is 11.7 Å². The number of nitrogens with one attached hydrogen (secondary N) is 1. The first-order valence-corrected chi connectivity index (χ1v) is 5.30. The van der Waals surface area contributed by atoms with Gasteiger partial charge in [-0.05, 0) is 24.1 Å². The number of ketones is 1. The van der Waals surface area contributed by atoms with Gasteiger partial charge >= 0.3 is 5.91 Å². The lowest BCUT2D eigenvalue weighted by molar-refractivity contribution is -0.143. The molecule has 0 bridgehead atoms. The third-order valence-corrected chi connectivity index (χ3v) is 2.44. The van der Waals surface area contributed by atoms with Crippen molar-refractivity contribution in [2.24, 2.45) is 0 Å². The number of carbonyl (C=O) groups excluding carboxylic acids is 2. The van der Waals surface area contributed by atoms with Gasteiger partial charge in [-0.2, -0.15) is 0 Å². The summed E-state index contributed by atoms with van der Waals surface area (Å²) in [5.74, 6) is -0.516. The largest absolute Gasteiger partial charge is 0.493 e. The average molecular weight is 253 g/mol. The van der Waals surface area contributed by atoms with Crippen LogP contribution in [0.4, 0.5) is 0 Å². The Hall–Kier alpha value is -2.08. The molecule has 0 unspecified atom stereocenters. The van der Waals surface area contributed by atoms with Gasteiger partial charge in [0.25, 0.3) is 0 Å². The van der Waals surface area contributed by atoms with Gasteiger partial charge in [0.1, 0.15) is 0 Å². The van der Waals surface area contributed by atoms with E-state index in [1.807, 2.05) is 0 Å². The van der Waals surface area contributed by atoms with Crippen LogP contribution in [0.5, 0.6) is 11.5 Å². The zero-order valence-corrected chi connectivity index (χ0v) is 10.2. The molecule has 1 aromatic carbocycles. The average Bonchev–Trinajstić information content (AvgIpc) is 2.43. The number of hydrogen-bond donors (Lipinski definition) is 2. The highest BCUT2D eigenvalue weighted by atomic mass is 16.5. The maximum atomic E-state index is 11.2. The van der Waals surface area contributed by atoms with Gasteiger partial charge in [0.2, 0.25) is 5.78 Å². The lowest BCUT2D eigenvalue weighted by Gasteiger charge is -2.09. The molecule has 0 aliphatic heterocycles. The van der Waals surface area contributed by atoms with Crippen molar-refractivity contribution in [3.63, 3.8) is 0 Å². The Bertz CT molecular complexity index is 444. The highest BCUT2D eigenvalue weighted by Gasteiger charge is 2.13. The SMILES string of the molecule is COc1ccc(CCC(=O)C(=O)NO)cc1OC. The van der Waals surface area contributed by atoms with Crippen LogP contribution in [0.15, 0.2) is 18.2 Å². The molecule has 0 saturated carbocycles. The smallest absolute Gasteiger partial charge is 0.310 e. The van der Waals surface area contributed by atoms with Crippen LogP contribution in [0, 0.1) is 0 Å². The number of ether oxygens (including phenoxy) is 2. The maximum absolute atomic E-state index is 11.2. The van der Waals surface area contributed by atoms with Gasteiger partial charge in [-0.1, -0.05) is 6.07 Å². The number of hydrogen-bond acceptors (Lipinski definition) is 5. The third kappa shape index (κ3) is 3.46. The van der Waals surface area contributed by atoms with Gasteiger partial charge in [-0.15, -0.1) is 0 Å². The van der Waals surface area contributed by atoms with Gasteiger partial charge in [0.15, 0.2) is 11.5 Å². The summed E-state index contributed by atoms with van der Waals surface area (Å²) in [6.45, 7) is 0. The van der Waals surface area contributed by atoms with E-state index in [9.17, 15) is 9.59 Å². The molecule has 0 fully saturated rings. The fourth-order valence-corrected chi connectivity index (χ4v) is 1.47. The molecule has 0 aliphatic carbocycles. The van der Waals surface area contributed by atoms with Crippen molar-refractivity contribution in [3.8, 4) is 11.5 Å². The Morgan fingerprint density at radius 1 is 1.22 bits per heavy atom. The monoisotopic (exact) mass is 253 g/mol. The Balaban J connectivity index is 2.68. The molecule has 2 N–H and O–H groups in total. The molecule has 0 heterocycles. The van der Waals surface area contributed by atoms with E-state index in [-0.39, 0.29) is 6.42 Å². The zero-order valence-electron chi connectivity index (χ0n) is 10.2. The van der Waals surface area contributed by atoms with Crippen molar-refractivity contribution in [2.75, 3.05) is 14.2 Å². The zero-order chi connectivity index (χ0) is 13.5. The van der Waals surface area contributed by atoms with E-state index in [1.54, 1.807) is 18.2 Å². The molecular formula is C12H15NO5. The number of methoxy groups -OCH3 is 2. The molecule has 0 saturated heterocycles. The van der Waals surface area contributed by atoms with E-state index in [1.165, 1.54) is 19.7 Å². The number of rotatable bonds is 6. The topological polar surface area (TPSA) is 84.9 Å². The van der Waals surface area contributed by atoms with E-state index in [0.717, 1.165) is 5.56 Å². The Kier molecular flexibility index (Phi) is 5.13. The first-order valence-electron chi connectivity index (χ1n) is 5.30. The number of Topliss-reactive ketones (excluding diaryl/α,β-unsaturated/α-hetero) is 1. The van der Waals surface area contributed by atoms with Crippen molar-refractivity contribution in [1.82, 2.24) is 5.48 Å². The second-order valence-electron chi connectivity index (χ2n) is 3.55. The molecule has 1 amide bonds. The Morgan fingerprint density at radius 3 is 2.44 bits per heavy atom. The van der Waals surface area contributed by atoms with Crippen molar-refractivity contribution in [1.29, 1.82) is 0 Å². The predicted molar refractivity (Wildman–Crippen MR) is 62.8 cm³/mol. The van der Waals surface area contributed by atoms with E-state index >= 15 is 0 Å². The van der Waals surface area contributed by atoms with Gasteiger partial charge < -0.3 is 9.47 Å². The molecule has 18 heavy (non-hydrogen) atoms. The van der Waals surface area contributed by atoms with Crippen molar-refractivity contribution in [3.05, 3.63) is 23.8 Å². The highest BCUT2D eigenvalue weighted by molar-refractivity contribution is 6.35. The molecule has 6 nitrogen and oxygen atoms in total. The summed E-state index contributed by atoms with van der Waals surface area (Å²) in [5.41, 5.74) is 2.15. The molecule has 0 radical (unpaired) electrons. The van der Waals surface area contributed by atoms with Crippen LogP contribution in [-0.4, -0.2) is 31.1 Å². The van der Waals surface area contributed by atoms with Crippen LogP contribution < -0.4 is 15.0 Å². The molecular weight excluding hydrogens is 238 g/mol. The van der Waals surface area contributed by atoms with Crippen LogP contribution in [0.1, 0.15) is 12.0 Å². The summed E-state index contributed by atoms with van der Waals surface area (Å²) in [5, 5.41) is 8.30. The number of aryl methyl sites for hydroxylation is 1. The van der Waals surface area contributed by atoms with Crippen LogP contribution >= 0.6 is 0 Å². The molecule has 0 spiro atoms. The second kappa shape index (κ2) is 6.61. The number of benzene rings is 1. The van der Waals surface area contributed by atoms with Crippen LogP contribution in [0.2, 0.25) is 0 Å². The number of hydroxylamine groups is 1. The molecule has 0 atom stereocenters. The fourth-order valence-electron chi connectivity index (χ4n) is 1.47. The summed E-state index contributed by atoms with van der Waals surface area (Å²) in [7, 11) is 3.05. The highest BCUT2D eigenvalue weighted by Crippen LogP contribution is 2.27. The maximum Gasteiger partial charge on any atom is 0.310 e. The summed E-state index contributed by atoms with van der Waals surface area (Å²) in [6, 6.07) is 5.25. The standard InChI is InChI=1S/C12H15NO5/c1-17-10-6-4-8(7-11(10)18-2)3-5-9(14)12(15)13-16/h4,6-7,16H,3,5H2,1-2H3,(H,13,15). The Morgan fingerprint density at radius 2 is 1.89 bits per heavy atom. The first kappa shape index (κ1) is 14.0. The second-order valence-corrected chi connectivity index (χ2v) is 3.55. The van der Waals surface area contributed by atoms with Crippen molar-refractivity contribution >= 4 is 11.7 Å². The minimum absolute atomic E-state index is 0.0158. The van der Waals surface area contributed by atoms with Crippen LogP contribution in [0.25, 0.3) is 0 Å². The molecule has 98 valence electrons. The third-order valence-electron chi connectivity index (χ3n) is 2.44. The lowest BCUT2D eigenvalue weighted by atomic mass is 10.1. The Labute approximate surface area is 104 Å². The summed E-state index contributed by atoms with van der Waals surface area (Å²) in [4.78, 5) is 22.0. The van der Waals surface area contributed by atoms with E-state index in [4.69, 9.17) is 14.7 Å². The molecule has 6 heteroatoms. The van der Waals surface area contributed by atoms with Gasteiger partial charge in [-0.3, -0.25) is 14.8 Å². The quantitative estimate of drug-likeness (QED) is 0.443. The molecule has 1 rings (SSSR count). The molecule has 1 aromatic rings. The summed E-state index contributed by atoms with van der Waals surface area (Å²) < 4.78 is 10.2. The lowest BCUT2D eigenvalue weighted by Crippen LogP contribution is -2.28. The van der Waals surface area contributed by atoms with Gasteiger partial charge in [0.05, 0.1) is 14.2 Å². The number of carbonyl (C=O) groups is 2. The predicted octanol–water partition coefficient (Wildman–Crippen LogP) is 0.711. The molecule has 0 aromatic heterocycles. The molecule has 0 aliphatic rings. The van der Waals surface area contributed by atoms with Crippen molar-refractivity contribution < 1.29 is 24.3 Å². The fraction of sp³-hybridized carbons (Fsp3) is 0.333. The minimum Gasteiger partial charge on any atom is -0.493 e. The summed E-state index contributed by atoms with van der Waals surface area (Å²) in [6.07, 6.45) is 0.397. The normalized spacial score (nSPS) is 9.72. The first-order chi connectivity index (χ1) is 8.62. The summed E-state index contributed by atoms with van der Waals surface area (Å²) >= 11 is 0. The van der Waals surface area contributed by atoms with Crippen LogP contribution in [-0.2, 0) is 16.0 Å².